The summed E-state index contributed by atoms with van der Waals surface area (Å²) >= 11 is 5.79. The molecule has 1 aliphatic heterocycles. The predicted molar refractivity (Wildman–Crippen MR) is 155 cm³/mol. The Balaban J connectivity index is 1.53. The van der Waals surface area contributed by atoms with Crippen LogP contribution in [0.25, 0.3) is 10.9 Å². The maximum absolute atomic E-state index is 14.5. The highest BCUT2D eigenvalue weighted by molar-refractivity contribution is 7.89. The van der Waals surface area contributed by atoms with Crippen molar-refractivity contribution in [1.82, 2.24) is 24.7 Å². The van der Waals surface area contributed by atoms with Gasteiger partial charge in [-0.25, -0.2) is 21.9 Å². The van der Waals surface area contributed by atoms with Gasteiger partial charge in [0.15, 0.2) is 5.78 Å². The lowest BCUT2D eigenvalue weighted by atomic mass is 10.1. The molecule has 2 aromatic carbocycles. The molecular formula is C28H32ClF2N5O6S. The van der Waals surface area contributed by atoms with Gasteiger partial charge in [0.05, 0.1) is 17.1 Å². The minimum absolute atomic E-state index is 0.0685. The standard InChI is InChI=1S/C28H32ClF2N5O6S/c1-16(37)26-20-9-8-19(42-15-43(40,41)34-28(2,3)4)11-22(20)36(33-26)14-24(38)35-13-18(30)10-23(35)27(39)32-12-17-6-5-7-21(29)25(17)31/h5-9,11,18,23,34H,10,12-15H2,1-4H3,(H,32,39)/t18-,23+/m1/s1. The highest BCUT2D eigenvalue weighted by atomic mass is 35.5. The van der Waals surface area contributed by atoms with Crippen molar-refractivity contribution >= 4 is 50.1 Å². The van der Waals surface area contributed by atoms with Crippen LogP contribution >= 0.6 is 11.6 Å². The number of rotatable bonds is 10. The third-order valence-electron chi connectivity index (χ3n) is 6.54. The molecule has 43 heavy (non-hydrogen) atoms. The molecule has 1 fully saturated rings. The first kappa shape index (κ1) is 32.3. The summed E-state index contributed by atoms with van der Waals surface area (Å²) < 4.78 is 62.6. The summed E-state index contributed by atoms with van der Waals surface area (Å²) in [5.41, 5.74) is -0.214. The average Bonchev–Trinajstić information content (AvgIpc) is 3.47. The Morgan fingerprint density at radius 2 is 1.91 bits per heavy atom. The average molecular weight is 640 g/mol. The van der Waals surface area contributed by atoms with Crippen molar-refractivity contribution in [2.75, 3.05) is 12.5 Å². The molecule has 2 heterocycles. The van der Waals surface area contributed by atoms with Crippen molar-refractivity contribution in [2.45, 2.75) is 65.0 Å². The molecule has 0 bridgehead atoms. The number of Topliss-reactive ketones (excluding diaryl/α,β-unsaturated/α-hetero) is 1. The van der Waals surface area contributed by atoms with E-state index in [1.165, 1.54) is 48.0 Å². The maximum atomic E-state index is 14.5. The van der Waals surface area contributed by atoms with Crippen molar-refractivity contribution in [3.8, 4) is 5.75 Å². The number of carbonyl (C=O) groups excluding carboxylic acids is 3. The smallest absolute Gasteiger partial charge is 0.247 e. The van der Waals surface area contributed by atoms with E-state index in [0.717, 1.165) is 4.90 Å². The molecule has 2 amide bonds. The van der Waals surface area contributed by atoms with E-state index in [9.17, 15) is 31.6 Å². The van der Waals surface area contributed by atoms with E-state index in [-0.39, 0.29) is 47.3 Å². The molecule has 1 aliphatic rings. The second-order valence-corrected chi connectivity index (χ2v) is 13.4. The van der Waals surface area contributed by atoms with Crippen LogP contribution < -0.4 is 14.8 Å². The zero-order valence-electron chi connectivity index (χ0n) is 24.0. The van der Waals surface area contributed by atoms with Crippen molar-refractivity contribution in [1.29, 1.82) is 0 Å². The van der Waals surface area contributed by atoms with Crippen LogP contribution in [0.15, 0.2) is 36.4 Å². The molecule has 1 saturated heterocycles. The van der Waals surface area contributed by atoms with E-state index in [4.69, 9.17) is 16.3 Å². The first-order valence-corrected chi connectivity index (χ1v) is 15.4. The number of sulfonamides is 1. The van der Waals surface area contributed by atoms with Crippen LogP contribution in [0.5, 0.6) is 5.75 Å². The molecule has 11 nitrogen and oxygen atoms in total. The van der Waals surface area contributed by atoms with Crippen LogP contribution in [0.3, 0.4) is 0 Å². The number of hydrogen-bond acceptors (Lipinski definition) is 7. The summed E-state index contributed by atoms with van der Waals surface area (Å²) in [6.07, 6.45) is -1.71. The van der Waals surface area contributed by atoms with Crippen LogP contribution in [-0.2, 0) is 32.7 Å². The number of nitrogens with zero attached hydrogens (tertiary/aromatic N) is 3. The molecule has 1 aromatic heterocycles. The number of amides is 2. The number of fused-ring (bicyclic) bond motifs is 1. The molecule has 15 heteroatoms. The van der Waals surface area contributed by atoms with E-state index >= 15 is 0 Å². The number of benzene rings is 2. The number of alkyl halides is 1. The zero-order valence-corrected chi connectivity index (χ0v) is 25.6. The third-order valence-corrected chi connectivity index (χ3v) is 8.19. The molecule has 0 spiro atoms. The van der Waals surface area contributed by atoms with Gasteiger partial charge in [0.25, 0.3) is 0 Å². The fourth-order valence-corrected chi connectivity index (χ4v) is 6.26. The number of carbonyl (C=O) groups is 3. The Hall–Kier alpha value is -3.62. The van der Waals surface area contributed by atoms with Crippen molar-refractivity contribution in [3.63, 3.8) is 0 Å². The molecular weight excluding hydrogens is 608 g/mol. The van der Waals surface area contributed by atoms with Gasteiger partial charge in [-0.05, 0) is 39.0 Å². The highest BCUT2D eigenvalue weighted by Crippen LogP contribution is 2.27. The minimum Gasteiger partial charge on any atom is -0.476 e. The molecule has 0 radical (unpaired) electrons. The Morgan fingerprint density at radius 1 is 1.19 bits per heavy atom. The Morgan fingerprint density at radius 3 is 2.58 bits per heavy atom. The molecule has 4 rings (SSSR count). The monoisotopic (exact) mass is 639 g/mol. The van der Waals surface area contributed by atoms with Gasteiger partial charge in [-0.1, -0.05) is 23.7 Å². The number of halogens is 3. The summed E-state index contributed by atoms with van der Waals surface area (Å²) in [4.78, 5) is 39.7. The quantitative estimate of drug-likeness (QED) is 0.324. The second kappa shape index (κ2) is 12.5. The minimum atomic E-state index is -3.80. The normalized spacial score (nSPS) is 17.3. The summed E-state index contributed by atoms with van der Waals surface area (Å²) in [5.74, 6) is -2.90. The SMILES string of the molecule is CC(=O)c1nn(CC(=O)N2C[C@H](F)C[C@H]2C(=O)NCc2cccc(Cl)c2F)c2cc(OCS(=O)(=O)NC(C)(C)C)ccc12. The number of nitrogens with one attached hydrogen (secondary N) is 2. The van der Waals surface area contributed by atoms with Crippen molar-refractivity contribution < 1.29 is 36.3 Å². The molecule has 2 atom stereocenters. The Labute approximate surface area is 252 Å². The van der Waals surface area contributed by atoms with Crippen LogP contribution in [0.4, 0.5) is 8.78 Å². The lowest BCUT2D eigenvalue weighted by Gasteiger charge is -2.24. The van der Waals surface area contributed by atoms with Crippen LogP contribution in [0, 0.1) is 5.82 Å². The van der Waals surface area contributed by atoms with Gasteiger partial charge in [-0.3, -0.25) is 19.1 Å². The van der Waals surface area contributed by atoms with Gasteiger partial charge in [0, 0.05) is 42.4 Å². The largest absolute Gasteiger partial charge is 0.476 e. The fraction of sp³-hybridized carbons (Fsp3) is 0.429. The number of ether oxygens (including phenoxy) is 1. The fourth-order valence-electron chi connectivity index (χ4n) is 4.78. The lowest BCUT2D eigenvalue weighted by molar-refractivity contribution is -0.139. The summed E-state index contributed by atoms with van der Waals surface area (Å²) in [6, 6.07) is 7.63. The molecule has 0 saturated carbocycles. The van der Waals surface area contributed by atoms with Crippen LogP contribution in [0.1, 0.15) is 50.2 Å². The van der Waals surface area contributed by atoms with Crippen molar-refractivity contribution in [2.24, 2.45) is 0 Å². The lowest BCUT2D eigenvalue weighted by Crippen LogP contribution is -2.46. The Kier molecular flexibility index (Phi) is 9.42. The van der Waals surface area contributed by atoms with Gasteiger partial charge in [-0.2, -0.15) is 5.10 Å². The summed E-state index contributed by atoms with van der Waals surface area (Å²) in [6.45, 7) is 5.37. The molecule has 0 unspecified atom stereocenters. The number of ketones is 1. The first-order valence-electron chi connectivity index (χ1n) is 13.3. The number of hydrogen-bond donors (Lipinski definition) is 2. The highest BCUT2D eigenvalue weighted by Gasteiger charge is 2.40. The molecule has 3 aromatic rings. The number of likely N-dealkylation sites (tertiary alicyclic amines) is 1. The summed E-state index contributed by atoms with van der Waals surface area (Å²) in [5, 5.41) is 7.09. The third kappa shape index (κ3) is 7.86. The van der Waals surface area contributed by atoms with E-state index in [1.54, 1.807) is 20.8 Å². The van der Waals surface area contributed by atoms with Crippen molar-refractivity contribution in [3.05, 3.63) is 58.5 Å². The second-order valence-electron chi connectivity index (χ2n) is 11.3. The predicted octanol–water partition coefficient (Wildman–Crippen LogP) is 3.34. The van der Waals surface area contributed by atoms with E-state index in [1.807, 2.05) is 0 Å². The van der Waals surface area contributed by atoms with Gasteiger partial charge in [0.1, 0.15) is 36.0 Å². The van der Waals surface area contributed by atoms with E-state index in [0.29, 0.717) is 10.9 Å². The Bertz CT molecular complexity index is 1670. The van der Waals surface area contributed by atoms with Crippen LogP contribution in [0.2, 0.25) is 5.02 Å². The number of aromatic nitrogens is 2. The van der Waals surface area contributed by atoms with Crippen LogP contribution in [-0.4, -0.2) is 70.9 Å². The molecule has 0 aliphatic carbocycles. The molecule has 232 valence electrons. The summed E-state index contributed by atoms with van der Waals surface area (Å²) in [7, 11) is -3.80. The topological polar surface area (TPSA) is 140 Å². The zero-order chi connectivity index (χ0) is 31.7. The van der Waals surface area contributed by atoms with Gasteiger partial charge < -0.3 is 15.0 Å². The molecule has 2 N–H and O–H groups in total. The van der Waals surface area contributed by atoms with E-state index in [2.05, 4.69) is 15.1 Å². The maximum Gasteiger partial charge on any atom is 0.247 e. The van der Waals surface area contributed by atoms with Gasteiger partial charge >= 0.3 is 0 Å². The van der Waals surface area contributed by atoms with E-state index < -0.39 is 57.9 Å². The van der Waals surface area contributed by atoms with Gasteiger partial charge in [0.2, 0.25) is 27.8 Å². The first-order chi connectivity index (χ1) is 20.0. The van der Waals surface area contributed by atoms with Gasteiger partial charge in [-0.15, -0.1) is 0 Å².